The molecular weight excluding hydrogens is 404 g/mol. The van der Waals surface area contributed by atoms with Gasteiger partial charge in [0.05, 0.1) is 18.0 Å². The fraction of sp³-hybridized carbons (Fsp3) is 0.250. The topological polar surface area (TPSA) is 96.0 Å². The average Bonchev–Trinajstić information content (AvgIpc) is 3.22. The average molecular weight is 431 g/mol. The predicted molar refractivity (Wildman–Crippen MR) is 125 cm³/mol. The number of aromatic nitrogens is 4. The third-order valence-corrected chi connectivity index (χ3v) is 4.93. The van der Waals surface area contributed by atoms with Gasteiger partial charge in [-0.2, -0.15) is 0 Å². The molecule has 3 heterocycles. The molecular formula is C24H26N6O2. The minimum absolute atomic E-state index is 0.0693. The molecule has 0 aliphatic rings. The van der Waals surface area contributed by atoms with Crippen LogP contribution in [-0.4, -0.2) is 51.4 Å². The summed E-state index contributed by atoms with van der Waals surface area (Å²) in [5, 5.41) is 4.16. The summed E-state index contributed by atoms with van der Waals surface area (Å²) in [6.45, 7) is 2.81. The summed E-state index contributed by atoms with van der Waals surface area (Å²) in [4.78, 5) is 30.3. The molecule has 0 aliphatic heterocycles. The summed E-state index contributed by atoms with van der Waals surface area (Å²) in [6, 6.07) is 13.2. The monoisotopic (exact) mass is 430 g/mol. The summed E-state index contributed by atoms with van der Waals surface area (Å²) < 4.78 is 5.78. The van der Waals surface area contributed by atoms with E-state index in [9.17, 15) is 4.79 Å². The number of pyridine rings is 1. The van der Waals surface area contributed by atoms with Crippen molar-refractivity contribution in [3.63, 3.8) is 0 Å². The molecule has 2 N–H and O–H groups in total. The van der Waals surface area contributed by atoms with E-state index in [2.05, 4.69) is 32.2 Å². The summed E-state index contributed by atoms with van der Waals surface area (Å²) in [5.41, 5.74) is 3.68. The van der Waals surface area contributed by atoms with Crippen molar-refractivity contribution in [1.82, 2.24) is 24.8 Å². The van der Waals surface area contributed by atoms with Crippen molar-refractivity contribution < 1.29 is 9.53 Å². The quantitative estimate of drug-likeness (QED) is 0.395. The minimum Gasteiger partial charge on any atom is -0.493 e. The number of hydrogen-bond acceptors (Lipinski definition) is 6. The molecule has 8 nitrogen and oxygen atoms in total. The van der Waals surface area contributed by atoms with Crippen LogP contribution in [0.1, 0.15) is 30.3 Å². The summed E-state index contributed by atoms with van der Waals surface area (Å²) >= 11 is 0. The molecule has 164 valence electrons. The van der Waals surface area contributed by atoms with Crippen LogP contribution in [0.15, 0.2) is 54.9 Å². The van der Waals surface area contributed by atoms with E-state index in [1.54, 1.807) is 31.4 Å². The van der Waals surface area contributed by atoms with Crippen LogP contribution in [0.5, 0.6) is 5.75 Å². The lowest BCUT2D eigenvalue weighted by Crippen LogP contribution is -2.21. The van der Waals surface area contributed by atoms with Gasteiger partial charge in [0, 0.05) is 49.1 Å². The number of benzene rings is 1. The number of rotatable bonds is 8. The number of nitrogens with one attached hydrogen (secondary N) is 2. The maximum Gasteiger partial charge on any atom is 0.269 e. The summed E-state index contributed by atoms with van der Waals surface area (Å²) in [7, 11) is 3.46. The highest BCUT2D eigenvalue weighted by atomic mass is 16.5. The Morgan fingerprint density at radius 2 is 1.91 bits per heavy atom. The van der Waals surface area contributed by atoms with Crippen molar-refractivity contribution in [1.29, 1.82) is 0 Å². The first-order valence-electron chi connectivity index (χ1n) is 10.6. The Labute approximate surface area is 186 Å². The normalized spacial score (nSPS) is 10.8. The lowest BCUT2D eigenvalue weighted by molar-refractivity contribution is 0.0823. The molecule has 0 atom stereocenters. The van der Waals surface area contributed by atoms with Gasteiger partial charge in [-0.1, -0.05) is 13.3 Å². The second-order valence-electron chi connectivity index (χ2n) is 7.65. The number of anilines is 2. The molecule has 0 radical (unpaired) electrons. The second-order valence-corrected chi connectivity index (χ2v) is 7.65. The standard InChI is InChI=1S/C24H26N6O2/c1-4-5-12-32-18-8-10-25-21(15-18)20-9-11-26-24(29-20)27-17-6-7-19-16(13-17)14-22(28-19)23(31)30(2)3/h6-11,13-15,28H,4-5,12H2,1-3H3,(H,26,27,29). The molecule has 0 spiro atoms. The number of amides is 1. The van der Waals surface area contributed by atoms with Crippen LogP contribution in [-0.2, 0) is 0 Å². The molecule has 1 amide bonds. The van der Waals surface area contributed by atoms with Crippen molar-refractivity contribution in [3.05, 3.63) is 60.6 Å². The van der Waals surface area contributed by atoms with E-state index in [1.807, 2.05) is 42.5 Å². The van der Waals surface area contributed by atoms with Gasteiger partial charge in [-0.15, -0.1) is 0 Å². The van der Waals surface area contributed by atoms with E-state index in [4.69, 9.17) is 4.74 Å². The van der Waals surface area contributed by atoms with Crippen LogP contribution < -0.4 is 10.1 Å². The van der Waals surface area contributed by atoms with Gasteiger partial charge in [0.2, 0.25) is 5.95 Å². The molecule has 0 fully saturated rings. The first-order chi connectivity index (χ1) is 15.5. The van der Waals surface area contributed by atoms with Crippen molar-refractivity contribution in [2.24, 2.45) is 0 Å². The molecule has 3 aromatic heterocycles. The SMILES string of the molecule is CCCCOc1ccnc(-c2ccnc(Nc3ccc4[nH]c(C(=O)N(C)C)cc4c3)n2)c1. The van der Waals surface area contributed by atoms with Crippen molar-refractivity contribution >= 4 is 28.4 Å². The molecule has 4 rings (SSSR count). The molecule has 1 aromatic carbocycles. The van der Waals surface area contributed by atoms with Crippen LogP contribution in [0.25, 0.3) is 22.3 Å². The van der Waals surface area contributed by atoms with Gasteiger partial charge in [-0.05, 0) is 42.8 Å². The maximum absolute atomic E-state index is 12.2. The Balaban J connectivity index is 1.53. The first kappa shape index (κ1) is 21.3. The van der Waals surface area contributed by atoms with Gasteiger partial charge >= 0.3 is 0 Å². The predicted octanol–water partition coefficient (Wildman–Crippen LogP) is 4.64. The minimum atomic E-state index is -0.0693. The molecule has 0 saturated heterocycles. The van der Waals surface area contributed by atoms with Crippen LogP contribution in [0.4, 0.5) is 11.6 Å². The summed E-state index contributed by atoms with van der Waals surface area (Å²) in [6.07, 6.45) is 5.51. The number of carbonyl (C=O) groups excluding carboxylic acids is 1. The van der Waals surface area contributed by atoms with Gasteiger partial charge < -0.3 is 19.9 Å². The number of carbonyl (C=O) groups is 1. The number of hydrogen-bond donors (Lipinski definition) is 2. The molecule has 4 aromatic rings. The number of aromatic amines is 1. The van der Waals surface area contributed by atoms with Crippen LogP contribution >= 0.6 is 0 Å². The van der Waals surface area contributed by atoms with Gasteiger partial charge in [0.1, 0.15) is 11.4 Å². The maximum atomic E-state index is 12.2. The number of nitrogens with zero attached hydrogens (tertiary/aromatic N) is 4. The van der Waals surface area contributed by atoms with Crippen molar-refractivity contribution in [2.45, 2.75) is 19.8 Å². The molecule has 0 bridgehead atoms. The van der Waals surface area contributed by atoms with Crippen LogP contribution in [0.3, 0.4) is 0 Å². The number of fused-ring (bicyclic) bond motifs is 1. The Hall–Kier alpha value is -3.94. The van der Waals surface area contributed by atoms with E-state index in [-0.39, 0.29) is 5.91 Å². The molecule has 0 aliphatic carbocycles. The highest BCUT2D eigenvalue weighted by molar-refractivity contribution is 5.98. The highest BCUT2D eigenvalue weighted by Gasteiger charge is 2.12. The van der Waals surface area contributed by atoms with Crippen LogP contribution in [0, 0.1) is 0 Å². The van der Waals surface area contributed by atoms with E-state index >= 15 is 0 Å². The second kappa shape index (κ2) is 9.47. The highest BCUT2D eigenvalue weighted by Crippen LogP contribution is 2.24. The summed E-state index contributed by atoms with van der Waals surface area (Å²) in [5.74, 6) is 1.17. The number of H-pyrrole nitrogens is 1. The molecule has 0 saturated carbocycles. The lowest BCUT2D eigenvalue weighted by atomic mass is 10.2. The molecule has 0 unspecified atom stereocenters. The molecule has 32 heavy (non-hydrogen) atoms. The fourth-order valence-electron chi connectivity index (χ4n) is 3.23. The fourth-order valence-corrected chi connectivity index (χ4v) is 3.23. The largest absolute Gasteiger partial charge is 0.493 e. The number of ether oxygens (including phenoxy) is 1. The van der Waals surface area contributed by atoms with E-state index in [0.717, 1.165) is 40.9 Å². The zero-order valence-corrected chi connectivity index (χ0v) is 18.4. The van der Waals surface area contributed by atoms with E-state index < -0.39 is 0 Å². The van der Waals surface area contributed by atoms with Crippen LogP contribution in [0.2, 0.25) is 0 Å². The Kier molecular flexibility index (Phi) is 6.30. The van der Waals surface area contributed by atoms with Gasteiger partial charge in [0.25, 0.3) is 5.91 Å². The Morgan fingerprint density at radius 3 is 2.72 bits per heavy atom. The number of unbranched alkanes of at least 4 members (excludes halogenated alkanes) is 1. The van der Waals surface area contributed by atoms with Gasteiger partial charge in [-0.25, -0.2) is 9.97 Å². The zero-order valence-electron chi connectivity index (χ0n) is 18.4. The van der Waals surface area contributed by atoms with E-state index in [1.165, 1.54) is 0 Å². The van der Waals surface area contributed by atoms with Crippen molar-refractivity contribution in [2.75, 3.05) is 26.0 Å². The smallest absolute Gasteiger partial charge is 0.269 e. The van der Waals surface area contributed by atoms with E-state index in [0.29, 0.717) is 23.9 Å². The third-order valence-electron chi connectivity index (χ3n) is 4.93. The van der Waals surface area contributed by atoms with Gasteiger partial charge in [0.15, 0.2) is 0 Å². The first-order valence-corrected chi connectivity index (χ1v) is 10.6. The Morgan fingerprint density at radius 1 is 1.06 bits per heavy atom. The molecule has 8 heteroatoms. The van der Waals surface area contributed by atoms with Crippen molar-refractivity contribution in [3.8, 4) is 17.1 Å². The third kappa shape index (κ3) is 4.85. The lowest BCUT2D eigenvalue weighted by Gasteiger charge is -2.08. The Bertz CT molecular complexity index is 1230. The zero-order chi connectivity index (χ0) is 22.5. The van der Waals surface area contributed by atoms with Gasteiger partial charge in [-0.3, -0.25) is 9.78 Å².